The van der Waals surface area contributed by atoms with E-state index in [1.807, 2.05) is 44.2 Å². The van der Waals surface area contributed by atoms with E-state index in [1.54, 1.807) is 0 Å². The summed E-state index contributed by atoms with van der Waals surface area (Å²) in [6.45, 7) is 6.73. The van der Waals surface area contributed by atoms with Crippen molar-refractivity contribution in [3.8, 4) is 5.75 Å². The van der Waals surface area contributed by atoms with Crippen LogP contribution in [0.15, 0.2) is 34.9 Å². The number of ether oxygens (including phenoxy) is 2. The van der Waals surface area contributed by atoms with Crippen LogP contribution in [0.4, 0.5) is 0 Å². The van der Waals surface area contributed by atoms with Crippen LogP contribution in [0.3, 0.4) is 0 Å². The second-order valence-corrected chi connectivity index (χ2v) is 6.52. The summed E-state index contributed by atoms with van der Waals surface area (Å²) in [4.78, 5) is 2.11. The van der Waals surface area contributed by atoms with Crippen LogP contribution < -0.4 is 4.74 Å². The van der Waals surface area contributed by atoms with Gasteiger partial charge in [0, 0.05) is 25.7 Å². The molecule has 1 atom stereocenters. The molecule has 0 saturated carbocycles. The summed E-state index contributed by atoms with van der Waals surface area (Å²) in [7, 11) is 0. The average molecular weight is 332 g/mol. The van der Waals surface area contributed by atoms with Gasteiger partial charge in [-0.15, -0.1) is 0 Å². The summed E-state index contributed by atoms with van der Waals surface area (Å²) in [5.74, 6) is 1.53. The Kier molecular flexibility index (Phi) is 5.18. The fourth-order valence-corrected chi connectivity index (χ4v) is 2.79. The smallest absolute Gasteiger partial charge is 0.134 e. The van der Waals surface area contributed by atoms with E-state index in [4.69, 9.17) is 14.0 Å². The standard InChI is InChI=1S/C18H24N2O4/c1-14-3-5-17(6-4-14)23-13-18(21)11-20(7-8-22-12-18)10-16-9-15(2)24-19-16/h3-6,9,21H,7-8,10-13H2,1-2H3/t18-/m0/s1. The summed E-state index contributed by atoms with van der Waals surface area (Å²) >= 11 is 0. The zero-order chi connectivity index (χ0) is 17.0. The monoisotopic (exact) mass is 332 g/mol. The van der Waals surface area contributed by atoms with Crippen LogP contribution in [0.25, 0.3) is 0 Å². The van der Waals surface area contributed by atoms with Crippen molar-refractivity contribution in [3.05, 3.63) is 47.3 Å². The van der Waals surface area contributed by atoms with Crippen molar-refractivity contribution in [2.45, 2.75) is 26.0 Å². The Morgan fingerprint density at radius 2 is 2.08 bits per heavy atom. The molecule has 3 rings (SSSR count). The number of aromatic nitrogens is 1. The summed E-state index contributed by atoms with van der Waals surface area (Å²) in [5.41, 5.74) is 0.976. The molecule has 0 unspecified atom stereocenters. The number of aliphatic hydroxyl groups is 1. The molecule has 2 heterocycles. The van der Waals surface area contributed by atoms with E-state index in [-0.39, 0.29) is 13.2 Å². The highest BCUT2D eigenvalue weighted by Gasteiger charge is 2.33. The lowest BCUT2D eigenvalue weighted by atomic mass is 10.1. The normalized spacial score (nSPS) is 22.3. The van der Waals surface area contributed by atoms with Gasteiger partial charge in [0.2, 0.25) is 0 Å². The molecule has 6 nitrogen and oxygen atoms in total. The van der Waals surface area contributed by atoms with E-state index < -0.39 is 5.60 Å². The lowest BCUT2D eigenvalue weighted by molar-refractivity contribution is -0.0647. The molecular formula is C18H24N2O4. The molecule has 1 aromatic carbocycles. The van der Waals surface area contributed by atoms with Gasteiger partial charge in [0.05, 0.1) is 18.9 Å². The molecule has 1 saturated heterocycles. The molecule has 0 spiro atoms. The van der Waals surface area contributed by atoms with E-state index >= 15 is 0 Å². The third-order valence-corrected chi connectivity index (χ3v) is 4.03. The molecule has 0 radical (unpaired) electrons. The number of aryl methyl sites for hydroxylation is 2. The van der Waals surface area contributed by atoms with Crippen LogP contribution in [0, 0.1) is 13.8 Å². The van der Waals surface area contributed by atoms with Crippen LogP contribution in [0.2, 0.25) is 0 Å². The third-order valence-electron chi connectivity index (χ3n) is 4.03. The van der Waals surface area contributed by atoms with Gasteiger partial charge in [-0.25, -0.2) is 0 Å². The molecule has 2 aromatic rings. The minimum Gasteiger partial charge on any atom is -0.490 e. The number of rotatable bonds is 5. The van der Waals surface area contributed by atoms with Gasteiger partial charge in [0.1, 0.15) is 23.7 Å². The summed E-state index contributed by atoms with van der Waals surface area (Å²) < 4.78 is 16.5. The first-order chi connectivity index (χ1) is 11.5. The van der Waals surface area contributed by atoms with Gasteiger partial charge in [0.25, 0.3) is 0 Å². The molecule has 24 heavy (non-hydrogen) atoms. The number of hydrogen-bond donors (Lipinski definition) is 1. The molecular weight excluding hydrogens is 308 g/mol. The quantitative estimate of drug-likeness (QED) is 0.902. The zero-order valence-corrected chi connectivity index (χ0v) is 14.2. The van der Waals surface area contributed by atoms with Crippen molar-refractivity contribution in [2.75, 3.05) is 32.9 Å². The molecule has 1 aliphatic heterocycles. The van der Waals surface area contributed by atoms with Crippen molar-refractivity contribution >= 4 is 0 Å². The second kappa shape index (κ2) is 7.34. The fourth-order valence-electron chi connectivity index (χ4n) is 2.79. The Labute approximate surface area is 142 Å². The van der Waals surface area contributed by atoms with E-state index in [0.29, 0.717) is 19.7 Å². The first kappa shape index (κ1) is 17.0. The predicted octanol–water partition coefficient (Wildman–Crippen LogP) is 1.93. The maximum absolute atomic E-state index is 10.9. The van der Waals surface area contributed by atoms with Crippen molar-refractivity contribution in [1.82, 2.24) is 10.1 Å². The second-order valence-electron chi connectivity index (χ2n) is 6.52. The van der Waals surface area contributed by atoms with Crippen molar-refractivity contribution in [2.24, 2.45) is 0 Å². The molecule has 0 aliphatic carbocycles. The lowest BCUT2D eigenvalue weighted by Gasteiger charge is -2.30. The van der Waals surface area contributed by atoms with Crippen molar-refractivity contribution in [3.63, 3.8) is 0 Å². The van der Waals surface area contributed by atoms with Crippen molar-refractivity contribution in [1.29, 1.82) is 0 Å². The van der Waals surface area contributed by atoms with Crippen LogP contribution >= 0.6 is 0 Å². The summed E-state index contributed by atoms with van der Waals surface area (Å²) in [6.07, 6.45) is 0. The van der Waals surface area contributed by atoms with Gasteiger partial charge >= 0.3 is 0 Å². The van der Waals surface area contributed by atoms with Gasteiger partial charge in [-0.3, -0.25) is 4.90 Å². The predicted molar refractivity (Wildman–Crippen MR) is 89.0 cm³/mol. The molecule has 1 aromatic heterocycles. The van der Waals surface area contributed by atoms with E-state index in [9.17, 15) is 5.11 Å². The fraction of sp³-hybridized carbons (Fsp3) is 0.500. The minimum absolute atomic E-state index is 0.185. The maximum Gasteiger partial charge on any atom is 0.134 e. The highest BCUT2D eigenvalue weighted by atomic mass is 16.5. The van der Waals surface area contributed by atoms with E-state index in [1.165, 1.54) is 5.56 Å². The van der Waals surface area contributed by atoms with Crippen LogP contribution in [0.1, 0.15) is 17.0 Å². The molecule has 0 amide bonds. The summed E-state index contributed by atoms with van der Waals surface area (Å²) in [5, 5.41) is 14.9. The van der Waals surface area contributed by atoms with Gasteiger partial charge in [-0.1, -0.05) is 22.9 Å². The highest BCUT2D eigenvalue weighted by Crippen LogP contribution is 2.18. The molecule has 6 heteroatoms. The number of nitrogens with zero attached hydrogens (tertiary/aromatic N) is 2. The Balaban J connectivity index is 1.60. The van der Waals surface area contributed by atoms with Gasteiger partial charge in [0.15, 0.2) is 0 Å². The Morgan fingerprint density at radius 1 is 1.29 bits per heavy atom. The van der Waals surface area contributed by atoms with E-state index in [0.717, 1.165) is 23.7 Å². The van der Waals surface area contributed by atoms with Gasteiger partial charge in [-0.2, -0.15) is 0 Å². The van der Waals surface area contributed by atoms with Gasteiger partial charge < -0.3 is 19.1 Å². The SMILES string of the molecule is Cc1ccc(OC[C@@]2(O)COCCN(Cc3cc(C)on3)C2)cc1. The Morgan fingerprint density at radius 3 is 2.79 bits per heavy atom. The van der Waals surface area contributed by atoms with E-state index in [2.05, 4.69) is 10.1 Å². The Bertz CT molecular complexity index is 655. The number of benzene rings is 1. The third kappa shape index (κ3) is 4.56. The topological polar surface area (TPSA) is 68.0 Å². The van der Waals surface area contributed by atoms with Crippen LogP contribution in [0.5, 0.6) is 5.75 Å². The molecule has 1 aliphatic rings. The molecule has 0 bridgehead atoms. The first-order valence-electron chi connectivity index (χ1n) is 8.17. The minimum atomic E-state index is -1.06. The summed E-state index contributed by atoms with van der Waals surface area (Å²) in [6, 6.07) is 9.70. The maximum atomic E-state index is 10.9. The molecule has 1 fully saturated rings. The Hall–Kier alpha value is -1.89. The zero-order valence-electron chi connectivity index (χ0n) is 14.2. The largest absolute Gasteiger partial charge is 0.490 e. The van der Waals surface area contributed by atoms with Crippen LogP contribution in [-0.2, 0) is 11.3 Å². The first-order valence-corrected chi connectivity index (χ1v) is 8.17. The molecule has 1 N–H and O–H groups in total. The van der Waals surface area contributed by atoms with Gasteiger partial charge in [-0.05, 0) is 26.0 Å². The lowest BCUT2D eigenvalue weighted by Crippen LogP contribution is -2.48. The average Bonchev–Trinajstić information content (AvgIpc) is 2.86. The number of hydrogen-bond acceptors (Lipinski definition) is 6. The highest BCUT2D eigenvalue weighted by molar-refractivity contribution is 5.26. The molecule has 130 valence electrons. The van der Waals surface area contributed by atoms with Crippen molar-refractivity contribution < 1.29 is 19.1 Å². The van der Waals surface area contributed by atoms with Crippen LogP contribution in [-0.4, -0.2) is 53.7 Å². The number of β-amino-alcohol motifs (C(OH)–C–C–N with tert-alkyl or cyclic N) is 1.